The first-order valence-corrected chi connectivity index (χ1v) is 8.21. The Morgan fingerprint density at radius 1 is 1.04 bits per heavy atom. The number of para-hydroxylation sites is 1. The van der Waals surface area contributed by atoms with Gasteiger partial charge in [-0.3, -0.25) is 4.98 Å². The second-order valence-electron chi connectivity index (χ2n) is 5.99. The Labute approximate surface area is 142 Å². The van der Waals surface area contributed by atoms with Gasteiger partial charge >= 0.3 is 5.97 Å². The second-order valence-corrected chi connectivity index (χ2v) is 5.99. The number of hydrogen-bond donors (Lipinski definition) is 0. The van der Waals surface area contributed by atoms with Crippen LogP contribution in [-0.4, -0.2) is 11.0 Å². The van der Waals surface area contributed by atoms with Crippen LogP contribution in [-0.2, 0) is 17.8 Å². The number of pyridine rings is 1. The minimum atomic E-state index is -0.303. The molecule has 3 aromatic rings. The molecule has 0 bridgehead atoms. The minimum Gasteiger partial charge on any atom is -0.457 e. The molecule has 3 nitrogen and oxygen atoms in total. The third-order valence-electron chi connectivity index (χ3n) is 4.26. The van der Waals surface area contributed by atoms with Gasteiger partial charge in [0.1, 0.15) is 6.61 Å². The molecule has 3 heteroatoms. The van der Waals surface area contributed by atoms with Gasteiger partial charge in [0.05, 0.1) is 16.8 Å². The molecule has 1 aromatic heterocycles. The zero-order chi connectivity index (χ0) is 17.1. The Morgan fingerprint density at radius 3 is 2.46 bits per heavy atom. The fraction of sp³-hybridized carbons (Fsp3) is 0.238. The number of nitrogens with zero attached hydrogens (tertiary/aromatic N) is 1. The lowest BCUT2D eigenvalue weighted by atomic mass is 10.0. The normalized spacial score (nSPS) is 10.8. The van der Waals surface area contributed by atoms with Crippen LogP contribution in [0.4, 0.5) is 0 Å². The number of aromatic nitrogens is 1. The van der Waals surface area contributed by atoms with Gasteiger partial charge in [-0.25, -0.2) is 4.79 Å². The summed E-state index contributed by atoms with van der Waals surface area (Å²) in [5.41, 5.74) is 5.42. The van der Waals surface area contributed by atoms with E-state index in [-0.39, 0.29) is 12.6 Å². The molecule has 0 amide bonds. The molecule has 0 aliphatic carbocycles. The number of carbonyl (C=O) groups is 1. The molecular formula is C21H21NO2. The molecule has 2 aromatic carbocycles. The Hall–Kier alpha value is -2.68. The average molecular weight is 319 g/mol. The number of fused-ring (bicyclic) bond motifs is 1. The van der Waals surface area contributed by atoms with Gasteiger partial charge in [-0.15, -0.1) is 0 Å². The third-order valence-corrected chi connectivity index (χ3v) is 4.26. The van der Waals surface area contributed by atoms with E-state index in [1.54, 1.807) is 0 Å². The van der Waals surface area contributed by atoms with E-state index >= 15 is 0 Å². The predicted molar refractivity (Wildman–Crippen MR) is 96.2 cm³/mol. The molecule has 24 heavy (non-hydrogen) atoms. The van der Waals surface area contributed by atoms with E-state index in [1.165, 1.54) is 5.56 Å². The van der Waals surface area contributed by atoms with Gasteiger partial charge < -0.3 is 4.74 Å². The summed E-state index contributed by atoms with van der Waals surface area (Å²) in [5.74, 6) is -0.303. The topological polar surface area (TPSA) is 39.2 Å². The van der Waals surface area contributed by atoms with Crippen molar-refractivity contribution in [1.82, 2.24) is 4.98 Å². The summed E-state index contributed by atoms with van der Waals surface area (Å²) in [4.78, 5) is 17.3. The molecule has 0 N–H and O–H groups in total. The summed E-state index contributed by atoms with van der Waals surface area (Å²) in [6.07, 6.45) is 0.695. The third kappa shape index (κ3) is 3.16. The van der Waals surface area contributed by atoms with Crippen LogP contribution in [0.5, 0.6) is 0 Å². The van der Waals surface area contributed by atoms with Crippen LogP contribution >= 0.6 is 0 Å². The maximum absolute atomic E-state index is 12.7. The molecule has 0 fully saturated rings. The number of aryl methyl sites for hydroxylation is 3. The molecule has 3 rings (SSSR count). The van der Waals surface area contributed by atoms with Crippen LogP contribution in [0.1, 0.15) is 39.7 Å². The molecule has 122 valence electrons. The number of benzene rings is 2. The lowest BCUT2D eigenvalue weighted by Gasteiger charge is -2.13. The fourth-order valence-electron chi connectivity index (χ4n) is 2.87. The van der Waals surface area contributed by atoms with E-state index in [4.69, 9.17) is 4.74 Å². The quantitative estimate of drug-likeness (QED) is 0.650. The van der Waals surface area contributed by atoms with E-state index in [1.807, 2.05) is 69.3 Å². The molecule has 0 unspecified atom stereocenters. The Bertz CT molecular complexity index is 882. The highest BCUT2D eigenvalue weighted by Gasteiger charge is 2.19. The smallest absolute Gasteiger partial charge is 0.340 e. The summed E-state index contributed by atoms with van der Waals surface area (Å²) in [5, 5.41) is 0.997. The molecule has 0 saturated carbocycles. The van der Waals surface area contributed by atoms with Gasteiger partial charge in [-0.1, -0.05) is 55.0 Å². The number of hydrogen-bond acceptors (Lipinski definition) is 3. The van der Waals surface area contributed by atoms with Gasteiger partial charge in [-0.05, 0) is 37.5 Å². The molecule has 0 spiro atoms. The van der Waals surface area contributed by atoms with Crippen molar-refractivity contribution in [3.05, 3.63) is 76.5 Å². The van der Waals surface area contributed by atoms with Crippen LogP contribution in [0.15, 0.2) is 48.5 Å². The minimum absolute atomic E-state index is 0.272. The van der Waals surface area contributed by atoms with Gasteiger partial charge in [-0.2, -0.15) is 0 Å². The molecule has 0 aliphatic rings. The van der Waals surface area contributed by atoms with Crippen LogP contribution in [0.25, 0.3) is 10.9 Å². The summed E-state index contributed by atoms with van der Waals surface area (Å²) in [7, 11) is 0. The van der Waals surface area contributed by atoms with Crippen molar-refractivity contribution in [2.75, 3.05) is 0 Å². The Balaban J connectivity index is 1.91. The summed E-state index contributed by atoms with van der Waals surface area (Å²) in [6, 6.07) is 15.9. The van der Waals surface area contributed by atoms with E-state index < -0.39 is 0 Å². The second kappa shape index (κ2) is 6.83. The van der Waals surface area contributed by atoms with Crippen molar-refractivity contribution in [2.45, 2.75) is 33.8 Å². The highest BCUT2D eigenvalue weighted by Crippen LogP contribution is 2.24. The lowest BCUT2D eigenvalue weighted by Crippen LogP contribution is -2.12. The van der Waals surface area contributed by atoms with E-state index in [2.05, 4.69) is 4.98 Å². The molecule has 0 aliphatic heterocycles. The van der Waals surface area contributed by atoms with Gasteiger partial charge in [0.2, 0.25) is 0 Å². The maximum Gasteiger partial charge on any atom is 0.340 e. The molecular weight excluding hydrogens is 298 g/mol. The zero-order valence-corrected chi connectivity index (χ0v) is 14.3. The van der Waals surface area contributed by atoms with Crippen LogP contribution in [0, 0.1) is 13.8 Å². The van der Waals surface area contributed by atoms with Crippen molar-refractivity contribution < 1.29 is 9.53 Å². The van der Waals surface area contributed by atoms with Crippen molar-refractivity contribution in [1.29, 1.82) is 0 Å². The van der Waals surface area contributed by atoms with Gasteiger partial charge in [0.15, 0.2) is 0 Å². The standard InChI is InChI=1S/C21H21NO2/c1-4-18-20(15(3)17-7-5-6-8-19(17)22-18)21(23)24-13-16-11-9-14(2)10-12-16/h5-12H,4,13H2,1-3H3. The van der Waals surface area contributed by atoms with Crippen LogP contribution in [0.3, 0.4) is 0 Å². The molecule has 1 heterocycles. The maximum atomic E-state index is 12.7. The SMILES string of the molecule is CCc1nc2ccccc2c(C)c1C(=O)OCc1ccc(C)cc1. The summed E-state index contributed by atoms with van der Waals surface area (Å²) < 4.78 is 5.55. The first-order valence-electron chi connectivity index (χ1n) is 8.21. The Morgan fingerprint density at radius 2 is 1.75 bits per heavy atom. The van der Waals surface area contributed by atoms with Gasteiger partial charge in [0, 0.05) is 5.39 Å². The number of esters is 1. The molecule has 0 atom stereocenters. The van der Waals surface area contributed by atoms with Crippen LogP contribution < -0.4 is 0 Å². The average Bonchev–Trinajstić information content (AvgIpc) is 2.61. The number of carbonyl (C=O) groups excluding carboxylic acids is 1. The van der Waals surface area contributed by atoms with Crippen molar-refractivity contribution >= 4 is 16.9 Å². The van der Waals surface area contributed by atoms with Crippen molar-refractivity contribution in [3.8, 4) is 0 Å². The first kappa shape index (κ1) is 16.2. The molecule has 0 saturated heterocycles. The highest BCUT2D eigenvalue weighted by atomic mass is 16.5. The first-order chi connectivity index (χ1) is 11.6. The Kier molecular flexibility index (Phi) is 4.61. The lowest BCUT2D eigenvalue weighted by molar-refractivity contribution is 0.0470. The number of rotatable bonds is 4. The van der Waals surface area contributed by atoms with Gasteiger partial charge in [0.25, 0.3) is 0 Å². The summed E-state index contributed by atoms with van der Waals surface area (Å²) in [6.45, 7) is 6.28. The fourth-order valence-corrected chi connectivity index (χ4v) is 2.87. The zero-order valence-electron chi connectivity index (χ0n) is 14.3. The monoisotopic (exact) mass is 319 g/mol. The van der Waals surface area contributed by atoms with Crippen molar-refractivity contribution in [3.63, 3.8) is 0 Å². The highest BCUT2D eigenvalue weighted by molar-refractivity contribution is 5.98. The number of ether oxygens (including phenoxy) is 1. The van der Waals surface area contributed by atoms with Crippen LogP contribution in [0.2, 0.25) is 0 Å². The predicted octanol–water partition coefficient (Wildman–Crippen LogP) is 4.77. The van der Waals surface area contributed by atoms with E-state index in [9.17, 15) is 4.79 Å². The van der Waals surface area contributed by atoms with E-state index in [0.717, 1.165) is 27.7 Å². The van der Waals surface area contributed by atoms with Crippen molar-refractivity contribution in [2.24, 2.45) is 0 Å². The van der Waals surface area contributed by atoms with E-state index in [0.29, 0.717) is 12.0 Å². The summed E-state index contributed by atoms with van der Waals surface area (Å²) >= 11 is 0. The largest absolute Gasteiger partial charge is 0.457 e. The molecule has 0 radical (unpaired) electrons.